The zero-order valence-electron chi connectivity index (χ0n) is 17.3. The molecule has 1 aromatic heterocycles. The largest absolute Gasteiger partial charge is 0.381 e. The summed E-state index contributed by atoms with van der Waals surface area (Å²) in [5.41, 5.74) is 3.27. The molecule has 1 saturated heterocycles. The van der Waals surface area contributed by atoms with Crippen molar-refractivity contribution in [3.8, 4) is 11.3 Å². The van der Waals surface area contributed by atoms with Crippen LogP contribution in [0.4, 0.5) is 5.69 Å². The molecule has 1 aliphatic rings. The fourth-order valence-electron chi connectivity index (χ4n) is 3.45. The van der Waals surface area contributed by atoms with Gasteiger partial charge >= 0.3 is 0 Å². The molecular formula is C24H24N4O3. The van der Waals surface area contributed by atoms with Gasteiger partial charge in [-0.25, -0.2) is 4.98 Å². The van der Waals surface area contributed by atoms with Gasteiger partial charge in [0.15, 0.2) is 0 Å². The van der Waals surface area contributed by atoms with Crippen LogP contribution in [0.25, 0.3) is 11.3 Å². The summed E-state index contributed by atoms with van der Waals surface area (Å²) in [6.45, 7) is 3.07. The number of para-hydroxylation sites is 1. The van der Waals surface area contributed by atoms with Gasteiger partial charge in [-0.3, -0.25) is 14.6 Å². The fraction of sp³-hybridized carbons (Fsp3) is 0.250. The predicted molar refractivity (Wildman–Crippen MR) is 118 cm³/mol. The summed E-state index contributed by atoms with van der Waals surface area (Å²) in [5, 5.41) is 5.90. The number of anilines is 1. The third-order valence-electron chi connectivity index (χ3n) is 5.18. The van der Waals surface area contributed by atoms with E-state index in [9.17, 15) is 9.59 Å². The van der Waals surface area contributed by atoms with E-state index in [2.05, 4.69) is 20.6 Å². The molecule has 0 saturated carbocycles. The molecule has 0 radical (unpaired) electrons. The first kappa shape index (κ1) is 20.7. The fourth-order valence-corrected chi connectivity index (χ4v) is 3.45. The molecule has 31 heavy (non-hydrogen) atoms. The monoisotopic (exact) mass is 416 g/mol. The van der Waals surface area contributed by atoms with Crippen LogP contribution in [0.1, 0.15) is 39.4 Å². The van der Waals surface area contributed by atoms with Crippen molar-refractivity contribution in [3.05, 3.63) is 77.7 Å². The number of rotatable bonds is 5. The van der Waals surface area contributed by atoms with Crippen LogP contribution in [0, 0.1) is 6.92 Å². The molecule has 7 nitrogen and oxygen atoms in total. The summed E-state index contributed by atoms with van der Waals surface area (Å²) < 4.78 is 5.34. The zero-order chi connectivity index (χ0) is 21.6. The van der Waals surface area contributed by atoms with E-state index < -0.39 is 0 Å². The third kappa shape index (κ3) is 5.13. The van der Waals surface area contributed by atoms with Gasteiger partial charge in [-0.2, -0.15) is 0 Å². The maximum Gasteiger partial charge on any atom is 0.276 e. The first-order valence-corrected chi connectivity index (χ1v) is 10.3. The van der Waals surface area contributed by atoms with Gasteiger partial charge in [0, 0.05) is 36.1 Å². The lowest BCUT2D eigenvalue weighted by molar-refractivity contribution is 0.0696. The van der Waals surface area contributed by atoms with E-state index in [0.717, 1.165) is 18.4 Å². The van der Waals surface area contributed by atoms with Gasteiger partial charge in [-0.05, 0) is 44.0 Å². The molecule has 3 aromatic rings. The van der Waals surface area contributed by atoms with Crippen molar-refractivity contribution in [2.24, 2.45) is 0 Å². The molecule has 4 rings (SSSR count). The molecule has 158 valence electrons. The second-order valence-electron chi connectivity index (χ2n) is 7.45. The summed E-state index contributed by atoms with van der Waals surface area (Å²) in [6, 6.07) is 16.5. The van der Waals surface area contributed by atoms with Gasteiger partial charge in [0.25, 0.3) is 11.8 Å². The second-order valence-corrected chi connectivity index (χ2v) is 7.45. The zero-order valence-corrected chi connectivity index (χ0v) is 17.3. The number of nitrogens with zero attached hydrogens (tertiary/aromatic N) is 2. The van der Waals surface area contributed by atoms with Crippen LogP contribution < -0.4 is 10.6 Å². The number of aromatic nitrogens is 2. The average molecular weight is 416 g/mol. The molecule has 2 N–H and O–H groups in total. The molecule has 1 aliphatic heterocycles. The Balaban J connectivity index is 1.54. The quantitative estimate of drug-likeness (QED) is 0.663. The van der Waals surface area contributed by atoms with Crippen LogP contribution in [0.5, 0.6) is 0 Å². The number of nitrogens with one attached hydrogen (secondary N) is 2. The van der Waals surface area contributed by atoms with Crippen molar-refractivity contribution in [2.75, 3.05) is 18.5 Å². The van der Waals surface area contributed by atoms with E-state index >= 15 is 0 Å². The molecule has 2 aromatic carbocycles. The number of aryl methyl sites for hydroxylation is 1. The topological polar surface area (TPSA) is 93.2 Å². The van der Waals surface area contributed by atoms with Crippen LogP contribution in [-0.2, 0) is 4.74 Å². The van der Waals surface area contributed by atoms with Gasteiger partial charge in [0.05, 0.1) is 17.6 Å². The van der Waals surface area contributed by atoms with E-state index in [1.807, 2.05) is 36.4 Å². The highest BCUT2D eigenvalue weighted by atomic mass is 16.5. The number of carbonyl (C=O) groups is 2. The Morgan fingerprint density at radius 2 is 1.77 bits per heavy atom. The summed E-state index contributed by atoms with van der Waals surface area (Å²) >= 11 is 0. The number of ether oxygens (including phenoxy) is 1. The van der Waals surface area contributed by atoms with Gasteiger partial charge < -0.3 is 15.4 Å². The Hall–Kier alpha value is -3.58. The van der Waals surface area contributed by atoms with Crippen molar-refractivity contribution >= 4 is 17.5 Å². The Morgan fingerprint density at radius 1 is 1.00 bits per heavy atom. The molecule has 0 spiro atoms. The Kier molecular flexibility index (Phi) is 6.33. The Bertz CT molecular complexity index is 1080. The maximum atomic E-state index is 12.7. The molecule has 1 fully saturated rings. The standard InChI is InChI=1S/C24H24N4O3/c1-16-22(24(30)27-19-8-3-2-4-9-19)28-21(15-25-16)17-6-5-7-18(14-17)23(29)26-20-10-12-31-13-11-20/h2-9,14-15,20H,10-13H2,1H3,(H,26,29)(H,27,30). The summed E-state index contributed by atoms with van der Waals surface area (Å²) in [5.74, 6) is -0.456. The minimum atomic E-state index is -0.327. The highest BCUT2D eigenvalue weighted by molar-refractivity contribution is 6.03. The number of amides is 2. The Labute approximate surface area is 180 Å². The highest BCUT2D eigenvalue weighted by Gasteiger charge is 2.18. The van der Waals surface area contributed by atoms with E-state index in [-0.39, 0.29) is 23.6 Å². The van der Waals surface area contributed by atoms with Gasteiger partial charge in [-0.1, -0.05) is 30.3 Å². The van der Waals surface area contributed by atoms with E-state index in [1.165, 1.54) is 0 Å². The molecule has 0 atom stereocenters. The predicted octanol–water partition coefficient (Wildman–Crippen LogP) is 3.61. The Morgan fingerprint density at radius 3 is 2.55 bits per heavy atom. The van der Waals surface area contributed by atoms with Gasteiger partial charge in [-0.15, -0.1) is 0 Å². The minimum absolute atomic E-state index is 0.123. The van der Waals surface area contributed by atoms with Crippen LogP contribution in [-0.4, -0.2) is 41.0 Å². The van der Waals surface area contributed by atoms with Gasteiger partial charge in [0.1, 0.15) is 5.69 Å². The molecule has 0 unspecified atom stereocenters. The van der Waals surface area contributed by atoms with Crippen LogP contribution in [0.2, 0.25) is 0 Å². The van der Waals surface area contributed by atoms with Crippen molar-refractivity contribution < 1.29 is 14.3 Å². The van der Waals surface area contributed by atoms with Crippen LogP contribution in [0.3, 0.4) is 0 Å². The third-order valence-corrected chi connectivity index (χ3v) is 5.18. The lowest BCUT2D eigenvalue weighted by Gasteiger charge is -2.23. The molecule has 7 heteroatoms. The SMILES string of the molecule is Cc1ncc(-c2cccc(C(=O)NC3CCOCC3)c2)nc1C(=O)Nc1ccccc1. The van der Waals surface area contributed by atoms with Crippen molar-refractivity contribution in [1.82, 2.24) is 15.3 Å². The van der Waals surface area contributed by atoms with Crippen molar-refractivity contribution in [3.63, 3.8) is 0 Å². The lowest BCUT2D eigenvalue weighted by atomic mass is 10.1. The molecule has 2 heterocycles. The summed E-state index contributed by atoms with van der Waals surface area (Å²) in [4.78, 5) is 34.3. The molecule has 0 aliphatic carbocycles. The highest BCUT2D eigenvalue weighted by Crippen LogP contribution is 2.20. The van der Waals surface area contributed by atoms with Crippen LogP contribution in [0.15, 0.2) is 60.8 Å². The number of benzene rings is 2. The first-order valence-electron chi connectivity index (χ1n) is 10.3. The second kappa shape index (κ2) is 9.49. The summed E-state index contributed by atoms with van der Waals surface area (Å²) in [7, 11) is 0. The lowest BCUT2D eigenvalue weighted by Crippen LogP contribution is -2.38. The van der Waals surface area contributed by atoms with Crippen molar-refractivity contribution in [1.29, 1.82) is 0 Å². The molecule has 0 bridgehead atoms. The van der Waals surface area contributed by atoms with E-state index in [1.54, 1.807) is 31.3 Å². The van der Waals surface area contributed by atoms with Crippen LogP contribution >= 0.6 is 0 Å². The average Bonchev–Trinajstić information content (AvgIpc) is 2.81. The number of carbonyl (C=O) groups excluding carboxylic acids is 2. The van der Waals surface area contributed by atoms with Crippen molar-refractivity contribution in [2.45, 2.75) is 25.8 Å². The molecule has 2 amide bonds. The maximum absolute atomic E-state index is 12.7. The first-order chi connectivity index (χ1) is 15.1. The normalized spacial score (nSPS) is 14.1. The summed E-state index contributed by atoms with van der Waals surface area (Å²) in [6.07, 6.45) is 3.24. The molecular weight excluding hydrogens is 392 g/mol. The van der Waals surface area contributed by atoms with Gasteiger partial charge in [0.2, 0.25) is 0 Å². The number of hydrogen-bond acceptors (Lipinski definition) is 5. The van der Waals surface area contributed by atoms with E-state index in [4.69, 9.17) is 4.74 Å². The number of hydrogen-bond donors (Lipinski definition) is 2. The minimum Gasteiger partial charge on any atom is -0.381 e. The van der Waals surface area contributed by atoms with E-state index in [0.29, 0.717) is 35.9 Å². The smallest absolute Gasteiger partial charge is 0.276 e.